The quantitative estimate of drug-likeness (QED) is 0.774. The SMILES string of the molecule is NC1C=CC(C(=O)Nc2ccccc2Cl)C1. The standard InChI is InChI=1S/C12H13ClN2O/c13-10-3-1-2-4-11(10)15-12(16)8-5-6-9(14)7-8/h1-6,8-9H,7,14H2,(H,15,16). The molecule has 1 aromatic carbocycles. The highest BCUT2D eigenvalue weighted by molar-refractivity contribution is 6.33. The van der Waals surface area contributed by atoms with Crippen LogP contribution in [0, 0.1) is 5.92 Å². The molecule has 1 aliphatic rings. The number of anilines is 1. The maximum absolute atomic E-state index is 11.8. The highest BCUT2D eigenvalue weighted by atomic mass is 35.5. The van der Waals surface area contributed by atoms with Crippen molar-refractivity contribution in [1.29, 1.82) is 0 Å². The molecule has 84 valence electrons. The van der Waals surface area contributed by atoms with Crippen LogP contribution < -0.4 is 11.1 Å². The third-order valence-electron chi connectivity index (χ3n) is 2.59. The van der Waals surface area contributed by atoms with Gasteiger partial charge in [0.05, 0.1) is 16.6 Å². The molecule has 0 radical (unpaired) electrons. The summed E-state index contributed by atoms with van der Waals surface area (Å²) < 4.78 is 0. The summed E-state index contributed by atoms with van der Waals surface area (Å²) in [7, 11) is 0. The molecule has 2 unspecified atom stereocenters. The van der Waals surface area contributed by atoms with Crippen LogP contribution in [0.1, 0.15) is 6.42 Å². The van der Waals surface area contributed by atoms with Crippen LogP contribution in [0.15, 0.2) is 36.4 Å². The molecule has 0 bridgehead atoms. The number of benzene rings is 1. The van der Waals surface area contributed by atoms with Gasteiger partial charge >= 0.3 is 0 Å². The van der Waals surface area contributed by atoms with Crippen LogP contribution in [0.3, 0.4) is 0 Å². The minimum absolute atomic E-state index is 0.0120. The average molecular weight is 237 g/mol. The summed E-state index contributed by atoms with van der Waals surface area (Å²) in [5.74, 6) is -0.205. The Morgan fingerprint density at radius 2 is 2.12 bits per heavy atom. The number of nitrogens with two attached hydrogens (primary N) is 1. The molecule has 0 saturated heterocycles. The second-order valence-corrected chi connectivity index (χ2v) is 4.27. The van der Waals surface area contributed by atoms with Crippen LogP contribution in [0.5, 0.6) is 0 Å². The molecule has 2 atom stereocenters. The van der Waals surface area contributed by atoms with Crippen molar-refractivity contribution >= 4 is 23.2 Å². The average Bonchev–Trinajstić information content (AvgIpc) is 2.68. The molecule has 2 rings (SSSR count). The molecular weight excluding hydrogens is 224 g/mol. The van der Waals surface area contributed by atoms with Crippen LogP contribution in [0.4, 0.5) is 5.69 Å². The second kappa shape index (κ2) is 4.68. The monoisotopic (exact) mass is 236 g/mol. The maximum atomic E-state index is 11.8. The molecule has 1 aromatic rings. The normalized spacial score (nSPS) is 23.4. The molecule has 1 aliphatic carbocycles. The Morgan fingerprint density at radius 1 is 1.38 bits per heavy atom. The van der Waals surface area contributed by atoms with Crippen molar-refractivity contribution in [3.63, 3.8) is 0 Å². The summed E-state index contributed by atoms with van der Waals surface area (Å²) >= 11 is 5.95. The number of halogens is 1. The summed E-state index contributed by atoms with van der Waals surface area (Å²) in [4.78, 5) is 11.8. The number of rotatable bonds is 2. The van der Waals surface area contributed by atoms with E-state index < -0.39 is 0 Å². The zero-order chi connectivity index (χ0) is 11.5. The van der Waals surface area contributed by atoms with E-state index in [9.17, 15) is 4.79 Å². The summed E-state index contributed by atoms with van der Waals surface area (Å²) in [5.41, 5.74) is 6.34. The highest BCUT2D eigenvalue weighted by Crippen LogP contribution is 2.23. The number of carbonyl (C=O) groups excluding carboxylic acids is 1. The summed E-state index contributed by atoms with van der Waals surface area (Å²) in [6.07, 6.45) is 4.37. The Bertz CT molecular complexity index is 431. The Morgan fingerprint density at radius 3 is 2.75 bits per heavy atom. The zero-order valence-electron chi connectivity index (χ0n) is 8.69. The Hall–Kier alpha value is -1.32. The molecule has 0 aromatic heterocycles. The first-order chi connectivity index (χ1) is 7.66. The van der Waals surface area contributed by atoms with E-state index in [-0.39, 0.29) is 17.9 Å². The first kappa shape index (κ1) is 11.2. The van der Waals surface area contributed by atoms with Gasteiger partial charge in [-0.3, -0.25) is 4.79 Å². The third kappa shape index (κ3) is 2.43. The van der Waals surface area contributed by atoms with Crippen LogP contribution in [-0.4, -0.2) is 11.9 Å². The highest BCUT2D eigenvalue weighted by Gasteiger charge is 2.22. The predicted octanol–water partition coefficient (Wildman–Crippen LogP) is 2.18. The van der Waals surface area contributed by atoms with Gasteiger partial charge in [-0.1, -0.05) is 35.9 Å². The fourth-order valence-corrected chi connectivity index (χ4v) is 1.89. The smallest absolute Gasteiger partial charge is 0.231 e. The lowest BCUT2D eigenvalue weighted by Gasteiger charge is -2.11. The van der Waals surface area contributed by atoms with E-state index in [0.29, 0.717) is 17.1 Å². The minimum Gasteiger partial charge on any atom is -0.324 e. The lowest BCUT2D eigenvalue weighted by molar-refractivity contribution is -0.118. The number of hydrogen-bond donors (Lipinski definition) is 2. The molecule has 0 spiro atoms. The van der Waals surface area contributed by atoms with E-state index in [0.717, 1.165) is 0 Å². The van der Waals surface area contributed by atoms with Gasteiger partial charge in [0.15, 0.2) is 0 Å². The lowest BCUT2D eigenvalue weighted by Crippen LogP contribution is -2.24. The first-order valence-corrected chi connectivity index (χ1v) is 5.54. The van der Waals surface area contributed by atoms with Crippen molar-refractivity contribution in [2.75, 3.05) is 5.32 Å². The molecule has 3 nitrogen and oxygen atoms in total. The number of amides is 1. The van der Waals surface area contributed by atoms with Gasteiger partial charge in [-0.25, -0.2) is 0 Å². The summed E-state index contributed by atoms with van der Waals surface area (Å²) in [6.45, 7) is 0. The van der Waals surface area contributed by atoms with Crippen molar-refractivity contribution in [1.82, 2.24) is 0 Å². The van der Waals surface area contributed by atoms with Crippen LogP contribution in [0.25, 0.3) is 0 Å². The molecule has 0 fully saturated rings. The molecule has 1 amide bonds. The molecule has 0 aliphatic heterocycles. The van der Waals surface area contributed by atoms with E-state index in [1.807, 2.05) is 24.3 Å². The zero-order valence-corrected chi connectivity index (χ0v) is 9.45. The number of hydrogen-bond acceptors (Lipinski definition) is 2. The third-order valence-corrected chi connectivity index (χ3v) is 2.91. The van der Waals surface area contributed by atoms with Gasteiger partial charge in [0.1, 0.15) is 0 Å². The van der Waals surface area contributed by atoms with Crippen molar-refractivity contribution in [3.8, 4) is 0 Å². The molecule has 0 saturated carbocycles. The van der Waals surface area contributed by atoms with Crippen LogP contribution in [-0.2, 0) is 4.79 Å². The lowest BCUT2D eigenvalue weighted by atomic mass is 10.1. The van der Waals surface area contributed by atoms with Gasteiger partial charge in [0.2, 0.25) is 5.91 Å². The van der Waals surface area contributed by atoms with Crippen molar-refractivity contribution < 1.29 is 4.79 Å². The van der Waals surface area contributed by atoms with Crippen LogP contribution in [0.2, 0.25) is 5.02 Å². The minimum atomic E-state index is -0.147. The number of carbonyl (C=O) groups is 1. The van der Waals surface area contributed by atoms with Crippen molar-refractivity contribution in [2.24, 2.45) is 11.7 Å². The molecule has 16 heavy (non-hydrogen) atoms. The Kier molecular flexibility index (Phi) is 3.27. The van der Waals surface area contributed by atoms with E-state index in [2.05, 4.69) is 5.32 Å². The molecular formula is C12H13ClN2O. The molecule has 0 heterocycles. The van der Waals surface area contributed by atoms with E-state index in [1.54, 1.807) is 12.1 Å². The maximum Gasteiger partial charge on any atom is 0.231 e. The fraction of sp³-hybridized carbons (Fsp3) is 0.250. The molecule has 4 heteroatoms. The van der Waals surface area contributed by atoms with Gasteiger partial charge in [-0.05, 0) is 18.6 Å². The fourth-order valence-electron chi connectivity index (χ4n) is 1.71. The first-order valence-electron chi connectivity index (χ1n) is 5.16. The van der Waals surface area contributed by atoms with Crippen LogP contribution >= 0.6 is 11.6 Å². The van der Waals surface area contributed by atoms with E-state index in [4.69, 9.17) is 17.3 Å². The van der Waals surface area contributed by atoms with Gasteiger partial charge in [0, 0.05) is 6.04 Å². The molecule has 3 N–H and O–H groups in total. The number of para-hydroxylation sites is 1. The van der Waals surface area contributed by atoms with Gasteiger partial charge in [-0.15, -0.1) is 0 Å². The second-order valence-electron chi connectivity index (χ2n) is 3.86. The Labute approximate surface area is 99.3 Å². The summed E-state index contributed by atoms with van der Waals surface area (Å²) in [6, 6.07) is 7.16. The number of nitrogens with one attached hydrogen (secondary N) is 1. The predicted molar refractivity (Wildman–Crippen MR) is 65.3 cm³/mol. The van der Waals surface area contributed by atoms with Gasteiger partial charge < -0.3 is 11.1 Å². The van der Waals surface area contributed by atoms with E-state index in [1.165, 1.54) is 0 Å². The summed E-state index contributed by atoms with van der Waals surface area (Å²) in [5, 5.41) is 3.34. The van der Waals surface area contributed by atoms with Crippen molar-refractivity contribution in [2.45, 2.75) is 12.5 Å². The van der Waals surface area contributed by atoms with E-state index >= 15 is 0 Å². The van der Waals surface area contributed by atoms with Gasteiger partial charge in [-0.2, -0.15) is 0 Å². The van der Waals surface area contributed by atoms with Gasteiger partial charge in [0.25, 0.3) is 0 Å². The van der Waals surface area contributed by atoms with Crippen molar-refractivity contribution in [3.05, 3.63) is 41.4 Å². The Balaban J connectivity index is 2.03. The largest absolute Gasteiger partial charge is 0.324 e. The topological polar surface area (TPSA) is 55.1 Å².